The van der Waals surface area contributed by atoms with Crippen LogP contribution in [-0.4, -0.2) is 27.4 Å². The summed E-state index contributed by atoms with van der Waals surface area (Å²) in [7, 11) is 3.24. The summed E-state index contributed by atoms with van der Waals surface area (Å²) in [6.07, 6.45) is 0.598. The second kappa shape index (κ2) is 8.55. The van der Waals surface area contributed by atoms with Crippen molar-refractivity contribution >= 4 is 0 Å². The molecule has 130 valence electrons. The zero-order chi connectivity index (χ0) is 17.5. The van der Waals surface area contributed by atoms with Gasteiger partial charge in [0.1, 0.15) is 23.1 Å². The van der Waals surface area contributed by atoms with Gasteiger partial charge in [-0.15, -0.1) is 0 Å². The fourth-order valence-electron chi connectivity index (χ4n) is 2.75. The lowest BCUT2D eigenvalue weighted by atomic mass is 9.90. The zero-order valence-electron chi connectivity index (χ0n) is 14.3. The lowest BCUT2D eigenvalue weighted by Gasteiger charge is -2.20. The molecule has 0 aliphatic rings. The molecule has 0 heterocycles. The average Bonchev–Trinajstić information content (AvgIpc) is 2.61. The molecule has 5 heteroatoms. The van der Waals surface area contributed by atoms with Gasteiger partial charge in [-0.2, -0.15) is 0 Å². The van der Waals surface area contributed by atoms with Crippen LogP contribution in [0.4, 0.5) is 4.39 Å². The molecule has 0 radical (unpaired) electrons. The summed E-state index contributed by atoms with van der Waals surface area (Å²) in [5.41, 5.74) is 7.70. The van der Waals surface area contributed by atoms with Crippen molar-refractivity contribution in [3.63, 3.8) is 0 Å². The Bertz CT molecular complexity index is 676. The predicted octanol–water partition coefficient (Wildman–Crippen LogP) is 3.53. The van der Waals surface area contributed by atoms with Crippen molar-refractivity contribution in [2.75, 3.05) is 27.4 Å². The Morgan fingerprint density at radius 2 is 1.79 bits per heavy atom. The highest BCUT2D eigenvalue weighted by molar-refractivity contribution is 5.43. The van der Waals surface area contributed by atoms with Gasteiger partial charge in [0.05, 0.1) is 20.8 Å². The highest BCUT2D eigenvalue weighted by atomic mass is 19.1. The van der Waals surface area contributed by atoms with Crippen LogP contribution in [0.3, 0.4) is 0 Å². The Hall–Kier alpha value is -2.27. The van der Waals surface area contributed by atoms with E-state index in [1.54, 1.807) is 20.3 Å². The molecular formula is C19H24FNO3. The number of hydrogen-bond donors (Lipinski definition) is 1. The van der Waals surface area contributed by atoms with Gasteiger partial charge in [0, 0.05) is 11.5 Å². The van der Waals surface area contributed by atoms with Crippen molar-refractivity contribution in [3.05, 3.63) is 53.3 Å². The van der Waals surface area contributed by atoms with E-state index in [4.69, 9.17) is 19.9 Å². The average molecular weight is 333 g/mol. The van der Waals surface area contributed by atoms with Crippen LogP contribution in [0.1, 0.15) is 24.0 Å². The molecule has 0 saturated heterocycles. The van der Waals surface area contributed by atoms with Gasteiger partial charge in [-0.1, -0.05) is 0 Å². The molecule has 1 unspecified atom stereocenters. The lowest BCUT2D eigenvalue weighted by molar-refractivity contribution is 0.333. The SMILES string of the molecule is CCOc1ccc(F)cc1C(CN)Cc1cc(OC)ccc1OC. The number of methoxy groups -OCH3 is 2. The molecule has 2 rings (SSSR count). The first-order chi connectivity index (χ1) is 11.6. The molecule has 0 fully saturated rings. The van der Waals surface area contributed by atoms with Gasteiger partial charge in [-0.25, -0.2) is 4.39 Å². The predicted molar refractivity (Wildman–Crippen MR) is 92.6 cm³/mol. The molecule has 0 amide bonds. The Balaban J connectivity index is 2.38. The number of benzene rings is 2. The normalized spacial score (nSPS) is 11.9. The molecule has 24 heavy (non-hydrogen) atoms. The molecule has 2 aromatic carbocycles. The van der Waals surface area contributed by atoms with E-state index in [2.05, 4.69) is 0 Å². The van der Waals surface area contributed by atoms with E-state index < -0.39 is 0 Å². The van der Waals surface area contributed by atoms with Crippen LogP contribution in [-0.2, 0) is 6.42 Å². The third-order valence-electron chi connectivity index (χ3n) is 3.95. The third-order valence-corrected chi connectivity index (χ3v) is 3.95. The van der Waals surface area contributed by atoms with Crippen molar-refractivity contribution in [1.29, 1.82) is 0 Å². The number of ether oxygens (including phenoxy) is 3. The second-order valence-electron chi connectivity index (χ2n) is 5.43. The van der Waals surface area contributed by atoms with E-state index >= 15 is 0 Å². The number of hydrogen-bond acceptors (Lipinski definition) is 4. The molecule has 4 nitrogen and oxygen atoms in total. The van der Waals surface area contributed by atoms with E-state index in [9.17, 15) is 4.39 Å². The fraction of sp³-hybridized carbons (Fsp3) is 0.368. The van der Waals surface area contributed by atoms with Gasteiger partial charge in [0.2, 0.25) is 0 Å². The topological polar surface area (TPSA) is 53.7 Å². The van der Waals surface area contributed by atoms with Crippen LogP contribution >= 0.6 is 0 Å². The lowest BCUT2D eigenvalue weighted by Crippen LogP contribution is -2.17. The van der Waals surface area contributed by atoms with Crippen LogP contribution in [0.25, 0.3) is 0 Å². The third kappa shape index (κ3) is 4.17. The number of nitrogens with two attached hydrogens (primary N) is 1. The number of halogens is 1. The van der Waals surface area contributed by atoms with Crippen molar-refractivity contribution < 1.29 is 18.6 Å². The first-order valence-electron chi connectivity index (χ1n) is 7.96. The zero-order valence-corrected chi connectivity index (χ0v) is 14.3. The monoisotopic (exact) mass is 333 g/mol. The van der Waals surface area contributed by atoms with Crippen molar-refractivity contribution in [2.24, 2.45) is 5.73 Å². The minimum absolute atomic E-state index is 0.0942. The minimum atomic E-state index is -0.301. The van der Waals surface area contributed by atoms with Crippen LogP contribution in [0, 0.1) is 5.82 Å². The summed E-state index contributed by atoms with van der Waals surface area (Å²) < 4.78 is 30.1. The Kier molecular flexibility index (Phi) is 6.44. The largest absolute Gasteiger partial charge is 0.497 e. The summed E-state index contributed by atoms with van der Waals surface area (Å²) in [6, 6.07) is 10.2. The van der Waals surface area contributed by atoms with Gasteiger partial charge in [0.25, 0.3) is 0 Å². The smallest absolute Gasteiger partial charge is 0.123 e. The highest BCUT2D eigenvalue weighted by Crippen LogP contribution is 2.33. The number of rotatable bonds is 8. The van der Waals surface area contributed by atoms with E-state index in [0.29, 0.717) is 25.3 Å². The maximum absolute atomic E-state index is 13.7. The maximum atomic E-state index is 13.7. The quantitative estimate of drug-likeness (QED) is 0.803. The first kappa shape index (κ1) is 18.1. The summed E-state index contributed by atoms with van der Waals surface area (Å²) in [5.74, 6) is 1.76. The Morgan fingerprint density at radius 3 is 2.42 bits per heavy atom. The molecule has 1 atom stereocenters. The van der Waals surface area contributed by atoms with E-state index in [0.717, 1.165) is 22.6 Å². The first-order valence-corrected chi connectivity index (χ1v) is 7.96. The van der Waals surface area contributed by atoms with Gasteiger partial charge < -0.3 is 19.9 Å². The summed E-state index contributed by atoms with van der Waals surface area (Å²) in [5, 5.41) is 0. The summed E-state index contributed by atoms with van der Waals surface area (Å²) in [4.78, 5) is 0. The standard InChI is InChI=1S/C19H24FNO3/c1-4-24-19-7-5-15(20)11-17(19)14(12-21)9-13-10-16(22-2)6-8-18(13)23-3/h5-8,10-11,14H,4,9,12,21H2,1-3H3. The van der Waals surface area contributed by atoms with E-state index in [1.165, 1.54) is 12.1 Å². The van der Waals surface area contributed by atoms with Crippen molar-refractivity contribution in [2.45, 2.75) is 19.3 Å². The molecule has 0 bridgehead atoms. The highest BCUT2D eigenvalue weighted by Gasteiger charge is 2.19. The Morgan fingerprint density at radius 1 is 1.04 bits per heavy atom. The Labute approximate surface area is 142 Å². The van der Waals surface area contributed by atoms with Gasteiger partial charge in [-0.05, 0) is 61.9 Å². The van der Waals surface area contributed by atoms with Crippen LogP contribution < -0.4 is 19.9 Å². The summed E-state index contributed by atoms with van der Waals surface area (Å²) in [6.45, 7) is 2.78. The minimum Gasteiger partial charge on any atom is -0.497 e. The second-order valence-corrected chi connectivity index (χ2v) is 5.43. The molecule has 0 aliphatic heterocycles. The van der Waals surface area contributed by atoms with Crippen LogP contribution in [0.15, 0.2) is 36.4 Å². The van der Waals surface area contributed by atoms with E-state index in [-0.39, 0.29) is 11.7 Å². The van der Waals surface area contributed by atoms with Gasteiger partial charge in [0.15, 0.2) is 0 Å². The fourth-order valence-corrected chi connectivity index (χ4v) is 2.75. The van der Waals surface area contributed by atoms with Gasteiger partial charge >= 0.3 is 0 Å². The molecular weight excluding hydrogens is 309 g/mol. The molecule has 0 aliphatic carbocycles. The van der Waals surface area contributed by atoms with Crippen LogP contribution in [0.2, 0.25) is 0 Å². The van der Waals surface area contributed by atoms with Crippen LogP contribution in [0.5, 0.6) is 17.2 Å². The maximum Gasteiger partial charge on any atom is 0.123 e. The molecule has 0 saturated carbocycles. The van der Waals surface area contributed by atoms with Gasteiger partial charge in [-0.3, -0.25) is 0 Å². The summed E-state index contributed by atoms with van der Waals surface area (Å²) >= 11 is 0. The molecule has 2 aromatic rings. The molecule has 0 spiro atoms. The molecule has 0 aromatic heterocycles. The van der Waals surface area contributed by atoms with Crippen molar-refractivity contribution in [3.8, 4) is 17.2 Å². The van der Waals surface area contributed by atoms with Crippen molar-refractivity contribution in [1.82, 2.24) is 0 Å². The molecule has 2 N–H and O–H groups in total. The van der Waals surface area contributed by atoms with E-state index in [1.807, 2.05) is 25.1 Å².